The Morgan fingerprint density at radius 2 is 1.74 bits per heavy atom. The normalized spacial score (nSPS) is 10.9. The van der Waals surface area contributed by atoms with Gasteiger partial charge < -0.3 is 14.8 Å². The number of amides is 1. The molecule has 0 atom stereocenters. The maximum absolute atomic E-state index is 12.4. The number of hydrogen-bond donors (Lipinski definition) is 1. The number of fused-ring (bicyclic) bond motifs is 1. The van der Waals surface area contributed by atoms with Crippen LogP contribution < -0.4 is 10.1 Å². The van der Waals surface area contributed by atoms with Crippen LogP contribution in [-0.2, 0) is 14.3 Å². The van der Waals surface area contributed by atoms with Crippen molar-refractivity contribution in [3.05, 3.63) is 75.7 Å². The molecule has 35 heavy (non-hydrogen) atoms. The van der Waals surface area contributed by atoms with E-state index in [1.807, 2.05) is 50.2 Å². The molecule has 0 radical (unpaired) electrons. The Labute approximate surface area is 211 Å². The lowest BCUT2D eigenvalue weighted by atomic mass is 10.2. The van der Waals surface area contributed by atoms with Gasteiger partial charge in [-0.25, -0.2) is 14.5 Å². The highest BCUT2D eigenvalue weighted by molar-refractivity contribution is 6.39. The summed E-state index contributed by atoms with van der Waals surface area (Å²) in [5, 5.41) is 8.52. The van der Waals surface area contributed by atoms with Crippen LogP contribution in [0.2, 0.25) is 10.0 Å². The summed E-state index contributed by atoms with van der Waals surface area (Å²) in [4.78, 5) is 29.1. The summed E-state index contributed by atoms with van der Waals surface area (Å²) in [6.07, 6.45) is 0. The molecule has 0 aliphatic carbocycles. The van der Waals surface area contributed by atoms with Gasteiger partial charge in [0, 0.05) is 11.1 Å². The van der Waals surface area contributed by atoms with Crippen LogP contribution in [0, 0.1) is 20.8 Å². The first-order chi connectivity index (χ1) is 16.7. The molecule has 8 nitrogen and oxygen atoms in total. The molecule has 0 bridgehead atoms. The van der Waals surface area contributed by atoms with Gasteiger partial charge >= 0.3 is 5.97 Å². The molecule has 0 saturated carbocycles. The maximum Gasteiger partial charge on any atom is 0.344 e. The monoisotopic (exact) mass is 512 g/mol. The summed E-state index contributed by atoms with van der Waals surface area (Å²) in [5.74, 6) is -1.01. The molecule has 180 valence electrons. The molecule has 0 saturated heterocycles. The van der Waals surface area contributed by atoms with Crippen molar-refractivity contribution in [3.63, 3.8) is 0 Å². The van der Waals surface area contributed by atoms with Crippen molar-refractivity contribution in [1.82, 2.24) is 14.8 Å². The zero-order valence-corrected chi connectivity index (χ0v) is 20.8. The number of rotatable bonds is 7. The third kappa shape index (κ3) is 5.39. The molecule has 10 heteroatoms. The Morgan fingerprint density at radius 3 is 2.49 bits per heavy atom. The number of para-hydroxylation sites is 1. The van der Waals surface area contributed by atoms with Crippen molar-refractivity contribution >= 4 is 51.7 Å². The first-order valence-corrected chi connectivity index (χ1v) is 11.5. The number of anilines is 1. The molecule has 0 aliphatic rings. The molecular formula is C25H22Cl2N4O4. The van der Waals surface area contributed by atoms with Gasteiger partial charge in [-0.15, -0.1) is 0 Å². The van der Waals surface area contributed by atoms with Crippen molar-refractivity contribution in [2.75, 3.05) is 18.5 Å². The number of benzene rings is 2. The van der Waals surface area contributed by atoms with Gasteiger partial charge in [0.15, 0.2) is 19.0 Å². The molecule has 0 unspecified atom stereocenters. The minimum Gasteiger partial charge on any atom is -0.478 e. The van der Waals surface area contributed by atoms with Crippen molar-refractivity contribution in [3.8, 4) is 11.4 Å². The smallest absolute Gasteiger partial charge is 0.344 e. The third-order valence-electron chi connectivity index (χ3n) is 5.23. The molecule has 0 aliphatic heterocycles. The van der Waals surface area contributed by atoms with E-state index in [1.54, 1.807) is 17.7 Å². The predicted octanol–water partition coefficient (Wildman–Crippen LogP) is 5.21. The molecule has 1 N–H and O–H groups in total. The standard InChI is InChI=1S/C25H22Cl2N4O4/c1-14-9-10-18-19(26)11-20(27)25(24(18)28-14)35-13-22(33)34-12-21(32)29-23-15(2)30-31(16(23)3)17-7-5-4-6-8-17/h4-11H,12-13H2,1-3H3,(H,29,32). The SMILES string of the molecule is Cc1ccc2c(Cl)cc(Cl)c(OCC(=O)OCC(=O)Nc3c(C)nn(-c4ccccc4)c3C)c2n1. The molecule has 1 amide bonds. The van der Waals surface area contributed by atoms with E-state index in [9.17, 15) is 9.59 Å². The van der Waals surface area contributed by atoms with Gasteiger partial charge in [0.05, 0.1) is 32.8 Å². The fraction of sp³-hybridized carbons (Fsp3) is 0.200. The van der Waals surface area contributed by atoms with Crippen LogP contribution in [0.3, 0.4) is 0 Å². The van der Waals surface area contributed by atoms with E-state index in [0.29, 0.717) is 27.3 Å². The van der Waals surface area contributed by atoms with E-state index < -0.39 is 25.1 Å². The Hall–Kier alpha value is -3.62. The van der Waals surface area contributed by atoms with Crippen LogP contribution in [0.25, 0.3) is 16.6 Å². The van der Waals surface area contributed by atoms with Gasteiger partial charge in [0.25, 0.3) is 5.91 Å². The highest BCUT2D eigenvalue weighted by atomic mass is 35.5. The van der Waals surface area contributed by atoms with Gasteiger partial charge in [-0.1, -0.05) is 41.4 Å². The summed E-state index contributed by atoms with van der Waals surface area (Å²) < 4.78 is 12.4. The molecule has 4 aromatic rings. The van der Waals surface area contributed by atoms with E-state index >= 15 is 0 Å². The lowest BCUT2D eigenvalue weighted by Crippen LogP contribution is -2.24. The van der Waals surface area contributed by atoms with Crippen LogP contribution in [0.4, 0.5) is 5.69 Å². The fourth-order valence-corrected chi connectivity index (χ4v) is 4.14. The van der Waals surface area contributed by atoms with Crippen LogP contribution in [0.15, 0.2) is 48.5 Å². The van der Waals surface area contributed by atoms with E-state index in [0.717, 1.165) is 17.1 Å². The lowest BCUT2D eigenvalue weighted by molar-refractivity contribution is -0.149. The predicted molar refractivity (Wildman–Crippen MR) is 135 cm³/mol. The quantitative estimate of drug-likeness (QED) is 0.341. The molecule has 2 aromatic carbocycles. The third-order valence-corrected chi connectivity index (χ3v) is 5.83. The summed E-state index contributed by atoms with van der Waals surface area (Å²) in [6, 6.07) is 14.7. The van der Waals surface area contributed by atoms with Crippen LogP contribution >= 0.6 is 23.2 Å². The second-order valence-electron chi connectivity index (χ2n) is 7.81. The maximum atomic E-state index is 12.4. The largest absolute Gasteiger partial charge is 0.478 e. The summed E-state index contributed by atoms with van der Waals surface area (Å²) in [6.45, 7) is 4.52. The minimum atomic E-state index is -0.736. The Kier molecular flexibility index (Phi) is 7.23. The molecule has 0 spiro atoms. The Balaban J connectivity index is 1.37. The zero-order chi connectivity index (χ0) is 25.1. The average molecular weight is 513 g/mol. The van der Waals surface area contributed by atoms with Gasteiger partial charge in [-0.05, 0) is 51.1 Å². The molecule has 2 heterocycles. The van der Waals surface area contributed by atoms with E-state index in [1.165, 1.54) is 6.07 Å². The number of aryl methyl sites for hydroxylation is 2. The van der Waals surface area contributed by atoms with Gasteiger partial charge in [0.1, 0.15) is 5.52 Å². The number of carbonyl (C=O) groups is 2. The first-order valence-electron chi connectivity index (χ1n) is 10.7. The summed E-state index contributed by atoms with van der Waals surface area (Å²) in [7, 11) is 0. The topological polar surface area (TPSA) is 95.3 Å². The van der Waals surface area contributed by atoms with Crippen LogP contribution in [0.1, 0.15) is 17.1 Å². The number of carbonyl (C=O) groups excluding carboxylic acids is 2. The van der Waals surface area contributed by atoms with Gasteiger partial charge in [-0.3, -0.25) is 4.79 Å². The van der Waals surface area contributed by atoms with Crippen molar-refractivity contribution in [1.29, 1.82) is 0 Å². The van der Waals surface area contributed by atoms with Gasteiger partial charge in [0.2, 0.25) is 0 Å². The number of halogens is 2. The lowest BCUT2D eigenvalue weighted by Gasteiger charge is -2.12. The average Bonchev–Trinajstić information content (AvgIpc) is 3.11. The van der Waals surface area contributed by atoms with Crippen molar-refractivity contribution < 1.29 is 19.1 Å². The molecule has 2 aromatic heterocycles. The number of pyridine rings is 1. The number of nitrogens with one attached hydrogen (secondary N) is 1. The number of aromatic nitrogens is 3. The molecular weight excluding hydrogens is 491 g/mol. The molecule has 0 fully saturated rings. The van der Waals surface area contributed by atoms with Crippen molar-refractivity contribution in [2.45, 2.75) is 20.8 Å². The molecule has 4 rings (SSSR count). The number of nitrogens with zero attached hydrogens (tertiary/aromatic N) is 3. The Morgan fingerprint density at radius 1 is 1.00 bits per heavy atom. The van der Waals surface area contributed by atoms with Gasteiger partial charge in [-0.2, -0.15) is 5.10 Å². The fourth-order valence-electron chi connectivity index (χ4n) is 3.57. The summed E-state index contributed by atoms with van der Waals surface area (Å²) >= 11 is 12.5. The van der Waals surface area contributed by atoms with Crippen LogP contribution in [0.5, 0.6) is 5.75 Å². The Bertz CT molecular complexity index is 1420. The summed E-state index contributed by atoms with van der Waals surface area (Å²) in [5.41, 5.74) is 4.00. The highest BCUT2D eigenvalue weighted by Gasteiger charge is 2.18. The second-order valence-corrected chi connectivity index (χ2v) is 8.62. The van der Waals surface area contributed by atoms with Crippen molar-refractivity contribution in [2.24, 2.45) is 0 Å². The second kappa shape index (κ2) is 10.3. The zero-order valence-electron chi connectivity index (χ0n) is 19.3. The van der Waals surface area contributed by atoms with E-state index in [4.69, 9.17) is 32.7 Å². The highest BCUT2D eigenvalue weighted by Crippen LogP contribution is 2.37. The number of esters is 1. The van der Waals surface area contributed by atoms with Crippen LogP contribution in [-0.4, -0.2) is 39.9 Å². The van der Waals surface area contributed by atoms with E-state index in [2.05, 4.69) is 15.4 Å². The first kappa shape index (κ1) is 24.5. The number of ether oxygens (including phenoxy) is 2. The number of hydrogen-bond acceptors (Lipinski definition) is 6. The van der Waals surface area contributed by atoms with E-state index in [-0.39, 0.29) is 10.8 Å². The minimum absolute atomic E-state index is 0.215.